The number of hydrogen-bond acceptors (Lipinski definition) is 4. The average molecular weight is 367 g/mol. The number of hydrogen-bond donors (Lipinski definition) is 0. The molecule has 0 aromatic carbocycles. The van der Waals surface area contributed by atoms with Crippen LogP contribution in [0.1, 0.15) is 96.8 Å². The van der Waals surface area contributed by atoms with E-state index in [0.717, 1.165) is 12.8 Å². The van der Waals surface area contributed by atoms with Crippen LogP contribution in [0, 0.1) is 5.41 Å². The largest absolute Gasteiger partial charge is 0.466 e. The molecule has 26 heavy (non-hydrogen) atoms. The highest BCUT2D eigenvalue weighted by Gasteiger charge is 2.40. The highest BCUT2D eigenvalue weighted by Crippen LogP contribution is 2.34. The average Bonchev–Trinajstić information content (AvgIpc) is 3.00. The lowest BCUT2D eigenvalue weighted by molar-refractivity contribution is -0.146. The van der Waals surface area contributed by atoms with Crippen molar-refractivity contribution in [3.63, 3.8) is 0 Å². The van der Waals surface area contributed by atoms with Gasteiger partial charge in [0.15, 0.2) is 0 Å². The first-order valence-corrected chi connectivity index (χ1v) is 10.6. The Balaban J connectivity index is 1.90. The molecule has 1 heterocycles. The van der Waals surface area contributed by atoms with E-state index in [2.05, 4.69) is 13.5 Å². The topological polar surface area (TPSA) is 52.6 Å². The first kappa shape index (κ1) is 22.7. The van der Waals surface area contributed by atoms with Crippen LogP contribution in [0.3, 0.4) is 0 Å². The van der Waals surface area contributed by atoms with Gasteiger partial charge in [0.05, 0.1) is 19.4 Å². The molecule has 1 aliphatic heterocycles. The predicted octanol–water partition coefficient (Wildman–Crippen LogP) is 5.74. The number of rotatable bonds is 16. The molecule has 0 amide bonds. The maximum Gasteiger partial charge on any atom is 0.306 e. The van der Waals surface area contributed by atoms with E-state index in [1.54, 1.807) is 6.08 Å². The van der Waals surface area contributed by atoms with Crippen LogP contribution in [-0.2, 0) is 19.1 Å². The fourth-order valence-corrected chi connectivity index (χ4v) is 3.40. The summed E-state index contributed by atoms with van der Waals surface area (Å²) in [5.74, 6) is -0.523. The normalized spacial score (nSPS) is 19.3. The summed E-state index contributed by atoms with van der Waals surface area (Å²) in [5.41, 5.74) is -0.565. The monoisotopic (exact) mass is 366 g/mol. The van der Waals surface area contributed by atoms with Crippen LogP contribution in [-0.4, -0.2) is 25.2 Å². The Morgan fingerprint density at radius 2 is 1.58 bits per heavy atom. The van der Waals surface area contributed by atoms with Gasteiger partial charge in [0.25, 0.3) is 0 Å². The Kier molecular flexibility index (Phi) is 12.1. The summed E-state index contributed by atoms with van der Waals surface area (Å²) in [5, 5.41) is 0. The molecular weight excluding hydrogens is 328 g/mol. The van der Waals surface area contributed by atoms with E-state index in [4.69, 9.17) is 9.47 Å². The van der Waals surface area contributed by atoms with Gasteiger partial charge in [-0.25, -0.2) is 0 Å². The first-order valence-electron chi connectivity index (χ1n) is 10.6. The molecule has 1 aliphatic rings. The Labute approximate surface area is 159 Å². The number of esters is 2. The van der Waals surface area contributed by atoms with Gasteiger partial charge in [0.1, 0.15) is 6.61 Å². The standard InChI is InChI=1S/C22H38O4/c1-3-5-6-7-8-9-10-11-12-13-14-15-16-25-20(23)17-22(4-2)18-21(24)26-19-22/h4H,2-3,5-19H2,1H3/t22-/m1/s1. The van der Waals surface area contributed by atoms with Gasteiger partial charge in [0.2, 0.25) is 0 Å². The maximum absolute atomic E-state index is 11.9. The van der Waals surface area contributed by atoms with E-state index in [9.17, 15) is 9.59 Å². The molecule has 1 saturated heterocycles. The van der Waals surface area contributed by atoms with E-state index in [1.165, 1.54) is 64.2 Å². The van der Waals surface area contributed by atoms with Gasteiger partial charge in [-0.2, -0.15) is 0 Å². The molecule has 1 fully saturated rings. The summed E-state index contributed by atoms with van der Waals surface area (Å²) in [6.07, 6.45) is 17.5. The molecule has 4 nitrogen and oxygen atoms in total. The van der Waals surface area contributed by atoms with E-state index in [-0.39, 0.29) is 31.4 Å². The van der Waals surface area contributed by atoms with Crippen molar-refractivity contribution in [2.45, 2.75) is 96.8 Å². The van der Waals surface area contributed by atoms with Gasteiger partial charge in [-0.1, -0.05) is 83.6 Å². The minimum atomic E-state index is -0.565. The summed E-state index contributed by atoms with van der Waals surface area (Å²) in [6, 6.07) is 0. The predicted molar refractivity (Wildman–Crippen MR) is 105 cm³/mol. The number of unbranched alkanes of at least 4 members (excludes halogenated alkanes) is 11. The molecule has 1 atom stereocenters. The lowest BCUT2D eigenvalue weighted by Crippen LogP contribution is -2.24. The molecule has 1 rings (SSSR count). The van der Waals surface area contributed by atoms with E-state index in [0.29, 0.717) is 6.61 Å². The molecule has 0 N–H and O–H groups in total. The molecule has 0 radical (unpaired) electrons. The van der Waals surface area contributed by atoms with Crippen LogP contribution in [0.15, 0.2) is 12.7 Å². The smallest absolute Gasteiger partial charge is 0.306 e. The van der Waals surface area contributed by atoms with Crippen molar-refractivity contribution in [2.24, 2.45) is 5.41 Å². The summed E-state index contributed by atoms with van der Waals surface area (Å²) in [6.45, 7) is 6.70. The minimum absolute atomic E-state index is 0.181. The number of cyclic esters (lactones) is 1. The third kappa shape index (κ3) is 9.98. The van der Waals surface area contributed by atoms with Crippen LogP contribution >= 0.6 is 0 Å². The van der Waals surface area contributed by atoms with Crippen molar-refractivity contribution >= 4 is 11.9 Å². The van der Waals surface area contributed by atoms with Crippen molar-refractivity contribution in [3.8, 4) is 0 Å². The summed E-state index contributed by atoms with van der Waals surface area (Å²) in [4.78, 5) is 23.2. The quantitative estimate of drug-likeness (QED) is 0.198. The Morgan fingerprint density at radius 3 is 2.04 bits per heavy atom. The second-order valence-electron chi connectivity index (χ2n) is 7.69. The van der Waals surface area contributed by atoms with Crippen molar-refractivity contribution in [1.29, 1.82) is 0 Å². The zero-order valence-corrected chi connectivity index (χ0v) is 16.7. The SMILES string of the molecule is C=C[C@]1(CC(=O)OCCCCCCCCCCCCCC)COC(=O)C1. The Hall–Kier alpha value is -1.32. The number of carbonyl (C=O) groups is 2. The first-order chi connectivity index (χ1) is 12.6. The van der Waals surface area contributed by atoms with Crippen molar-refractivity contribution in [3.05, 3.63) is 12.7 Å². The zero-order chi connectivity index (χ0) is 19.1. The summed E-state index contributed by atoms with van der Waals surface area (Å²) >= 11 is 0. The summed E-state index contributed by atoms with van der Waals surface area (Å²) in [7, 11) is 0. The minimum Gasteiger partial charge on any atom is -0.466 e. The molecule has 0 aliphatic carbocycles. The molecule has 0 aromatic rings. The van der Waals surface area contributed by atoms with Gasteiger partial charge in [-0.05, 0) is 6.42 Å². The highest BCUT2D eigenvalue weighted by atomic mass is 16.5. The van der Waals surface area contributed by atoms with Crippen LogP contribution in [0.2, 0.25) is 0 Å². The second-order valence-corrected chi connectivity index (χ2v) is 7.69. The molecule has 0 saturated carbocycles. The number of ether oxygens (including phenoxy) is 2. The molecule has 150 valence electrons. The fourth-order valence-electron chi connectivity index (χ4n) is 3.40. The van der Waals surface area contributed by atoms with Crippen molar-refractivity contribution in [1.82, 2.24) is 0 Å². The molecular formula is C22H38O4. The van der Waals surface area contributed by atoms with Crippen LogP contribution in [0.5, 0.6) is 0 Å². The van der Waals surface area contributed by atoms with Gasteiger partial charge in [-0.15, -0.1) is 6.58 Å². The van der Waals surface area contributed by atoms with E-state index in [1.807, 2.05) is 0 Å². The third-order valence-corrected chi connectivity index (χ3v) is 5.21. The van der Waals surface area contributed by atoms with Crippen LogP contribution < -0.4 is 0 Å². The summed E-state index contributed by atoms with van der Waals surface area (Å²) < 4.78 is 10.3. The lowest BCUT2D eigenvalue weighted by Gasteiger charge is -2.19. The molecule has 0 aromatic heterocycles. The zero-order valence-electron chi connectivity index (χ0n) is 16.7. The van der Waals surface area contributed by atoms with Crippen LogP contribution in [0.4, 0.5) is 0 Å². The van der Waals surface area contributed by atoms with Gasteiger partial charge in [0, 0.05) is 5.41 Å². The highest BCUT2D eigenvalue weighted by molar-refractivity contribution is 5.77. The number of carbonyl (C=O) groups excluding carboxylic acids is 2. The second kappa shape index (κ2) is 13.8. The van der Waals surface area contributed by atoms with Gasteiger partial charge < -0.3 is 9.47 Å². The van der Waals surface area contributed by atoms with Crippen LogP contribution in [0.25, 0.3) is 0 Å². The molecule has 0 unspecified atom stereocenters. The lowest BCUT2D eigenvalue weighted by atomic mass is 9.84. The van der Waals surface area contributed by atoms with Crippen molar-refractivity contribution < 1.29 is 19.1 Å². The van der Waals surface area contributed by atoms with E-state index < -0.39 is 5.41 Å². The fraction of sp³-hybridized carbons (Fsp3) is 0.818. The maximum atomic E-state index is 11.9. The van der Waals surface area contributed by atoms with Crippen molar-refractivity contribution in [2.75, 3.05) is 13.2 Å². The molecule has 0 bridgehead atoms. The molecule has 4 heteroatoms. The Morgan fingerprint density at radius 1 is 1.04 bits per heavy atom. The molecule has 0 spiro atoms. The van der Waals surface area contributed by atoms with Gasteiger partial charge >= 0.3 is 11.9 Å². The third-order valence-electron chi connectivity index (χ3n) is 5.21. The van der Waals surface area contributed by atoms with Gasteiger partial charge in [-0.3, -0.25) is 9.59 Å². The van der Waals surface area contributed by atoms with E-state index >= 15 is 0 Å². The Bertz CT molecular complexity index is 418.